The monoisotopic (exact) mass is 476 g/mol. The van der Waals surface area contributed by atoms with Crippen LogP contribution in [-0.2, 0) is 13.0 Å². The van der Waals surface area contributed by atoms with Gasteiger partial charge in [-0.25, -0.2) is 13.8 Å². The first-order valence-electron chi connectivity index (χ1n) is 11.7. The number of rotatable bonds is 5. The molecule has 0 radical (unpaired) electrons. The van der Waals surface area contributed by atoms with Gasteiger partial charge in [0.2, 0.25) is 0 Å². The number of aromatic nitrogens is 3. The zero-order valence-corrected chi connectivity index (χ0v) is 20.8. The van der Waals surface area contributed by atoms with Crippen molar-refractivity contribution in [1.29, 1.82) is 0 Å². The van der Waals surface area contributed by atoms with Crippen molar-refractivity contribution in [3.63, 3.8) is 0 Å². The predicted molar refractivity (Wildman–Crippen MR) is 135 cm³/mol. The lowest BCUT2D eigenvalue weighted by Gasteiger charge is -2.32. The van der Waals surface area contributed by atoms with Gasteiger partial charge in [-0.1, -0.05) is 18.2 Å². The predicted octanol–water partition coefficient (Wildman–Crippen LogP) is 5.98. The van der Waals surface area contributed by atoms with Crippen molar-refractivity contribution in [2.24, 2.45) is 0 Å². The highest BCUT2D eigenvalue weighted by Crippen LogP contribution is 2.31. The number of fused-ring (bicyclic) bond motifs is 1. The summed E-state index contributed by atoms with van der Waals surface area (Å²) in [6, 6.07) is 6.87. The van der Waals surface area contributed by atoms with Gasteiger partial charge in [-0.15, -0.1) is 0 Å². The molecule has 4 rings (SSSR count). The largest absolute Gasteiger partial charge is 0.367 e. The molecule has 3 heterocycles. The van der Waals surface area contributed by atoms with Crippen LogP contribution >= 0.6 is 0 Å². The highest BCUT2D eigenvalue weighted by atomic mass is 19.1. The Bertz CT molecular complexity index is 1400. The molecule has 7 heteroatoms. The Hall–Kier alpha value is -3.61. The van der Waals surface area contributed by atoms with E-state index in [1.54, 1.807) is 13.1 Å². The lowest BCUT2D eigenvalue weighted by molar-refractivity contribution is 0.326. The van der Waals surface area contributed by atoms with Crippen molar-refractivity contribution in [1.82, 2.24) is 19.9 Å². The second-order valence-electron chi connectivity index (χ2n) is 9.28. The van der Waals surface area contributed by atoms with Crippen molar-refractivity contribution in [2.75, 3.05) is 6.54 Å². The number of pyridine rings is 1. The van der Waals surface area contributed by atoms with Gasteiger partial charge in [0.25, 0.3) is 5.56 Å². The van der Waals surface area contributed by atoms with Crippen LogP contribution in [0.2, 0.25) is 0 Å². The van der Waals surface area contributed by atoms with Crippen LogP contribution in [0.3, 0.4) is 0 Å². The number of benzene rings is 1. The van der Waals surface area contributed by atoms with E-state index in [-0.39, 0.29) is 11.5 Å². The summed E-state index contributed by atoms with van der Waals surface area (Å²) in [5.74, 6) is 0.109. The van der Waals surface area contributed by atoms with Gasteiger partial charge in [0.15, 0.2) is 0 Å². The van der Waals surface area contributed by atoms with E-state index in [9.17, 15) is 13.6 Å². The van der Waals surface area contributed by atoms with Gasteiger partial charge in [0, 0.05) is 54.3 Å². The van der Waals surface area contributed by atoms with Gasteiger partial charge in [0.1, 0.15) is 17.8 Å². The van der Waals surface area contributed by atoms with Crippen LogP contribution < -0.4 is 5.56 Å². The van der Waals surface area contributed by atoms with Crippen LogP contribution in [0.4, 0.5) is 8.78 Å². The molecule has 1 atom stereocenters. The third-order valence-corrected chi connectivity index (χ3v) is 6.65. The summed E-state index contributed by atoms with van der Waals surface area (Å²) in [7, 11) is 0. The second kappa shape index (κ2) is 9.56. The molecule has 1 unspecified atom stereocenters. The van der Waals surface area contributed by atoms with Crippen molar-refractivity contribution in [3.05, 3.63) is 98.4 Å². The average molecular weight is 477 g/mol. The molecule has 5 nitrogen and oxygen atoms in total. The van der Waals surface area contributed by atoms with Crippen LogP contribution in [0, 0.1) is 19.7 Å². The lowest BCUT2D eigenvalue weighted by Crippen LogP contribution is -2.31. The Balaban J connectivity index is 1.63. The molecule has 0 aliphatic carbocycles. The fourth-order valence-corrected chi connectivity index (χ4v) is 4.45. The topological polar surface area (TPSA) is 61.9 Å². The Morgan fingerprint density at radius 3 is 2.66 bits per heavy atom. The van der Waals surface area contributed by atoms with E-state index >= 15 is 0 Å². The van der Waals surface area contributed by atoms with Crippen molar-refractivity contribution >= 4 is 5.57 Å². The SMILES string of the molecule is C=C(/C(C)=C(/C)c1nc(C(C)F)cc(=O)[nH]1)N1CCc2ncc(-c3cc(C)cc(C)c3F)cc2C1. The molecule has 1 N–H and O–H groups in total. The number of aryl methyl sites for hydroxylation is 2. The average Bonchev–Trinajstić information content (AvgIpc) is 2.83. The highest BCUT2D eigenvalue weighted by Gasteiger charge is 2.22. The molecule has 1 aliphatic heterocycles. The van der Waals surface area contributed by atoms with Crippen molar-refractivity contribution in [2.45, 2.75) is 53.8 Å². The standard InChI is InChI=1S/C28H30F2N4O/c1-15-9-16(2)27(30)23(10-15)21-11-22-14-34(8-7-24(22)31-13-21)20(6)17(3)18(4)28-32-25(19(5)29)12-26(35)33-28/h9-13,19H,6-8,14H2,1-5H3,(H,32,33,35)/b18-17-. The molecule has 35 heavy (non-hydrogen) atoms. The maximum Gasteiger partial charge on any atom is 0.251 e. The third kappa shape index (κ3) is 4.94. The summed E-state index contributed by atoms with van der Waals surface area (Å²) in [4.78, 5) is 25.8. The van der Waals surface area contributed by atoms with Crippen molar-refractivity contribution < 1.29 is 8.78 Å². The summed E-state index contributed by atoms with van der Waals surface area (Å²) in [6.45, 7) is 14.4. The van der Waals surface area contributed by atoms with Gasteiger partial charge in [-0.2, -0.15) is 0 Å². The molecule has 3 aromatic rings. The highest BCUT2D eigenvalue weighted by molar-refractivity contribution is 5.67. The molecular formula is C28H30F2N4O. The Labute approximate surface area is 204 Å². The summed E-state index contributed by atoms with van der Waals surface area (Å²) in [6.07, 6.45) is 1.14. The maximum atomic E-state index is 14.9. The fourth-order valence-electron chi connectivity index (χ4n) is 4.45. The molecule has 182 valence electrons. The summed E-state index contributed by atoms with van der Waals surface area (Å²) in [5.41, 5.74) is 7.02. The molecule has 0 bridgehead atoms. The molecule has 1 aromatic carbocycles. The molecule has 0 fully saturated rings. The van der Waals surface area contributed by atoms with Gasteiger partial charge in [-0.05, 0) is 69.0 Å². The zero-order valence-electron chi connectivity index (χ0n) is 20.8. The molecule has 0 amide bonds. The number of aromatic amines is 1. The van der Waals surface area contributed by atoms with Crippen LogP contribution in [-0.4, -0.2) is 26.4 Å². The van der Waals surface area contributed by atoms with E-state index in [4.69, 9.17) is 0 Å². The summed E-state index contributed by atoms with van der Waals surface area (Å²) >= 11 is 0. The first-order valence-corrected chi connectivity index (χ1v) is 11.7. The number of hydrogen-bond donors (Lipinski definition) is 1. The van der Waals surface area contributed by atoms with Crippen LogP contribution in [0.25, 0.3) is 16.7 Å². The quantitative estimate of drug-likeness (QED) is 0.460. The number of alkyl halides is 1. The summed E-state index contributed by atoms with van der Waals surface area (Å²) < 4.78 is 28.6. The van der Waals surface area contributed by atoms with E-state index in [2.05, 4.69) is 26.4 Å². The van der Waals surface area contributed by atoms with E-state index < -0.39 is 11.7 Å². The Morgan fingerprint density at radius 2 is 1.94 bits per heavy atom. The van der Waals surface area contributed by atoms with Crippen molar-refractivity contribution in [3.8, 4) is 11.1 Å². The van der Waals surface area contributed by atoms with Gasteiger partial charge >= 0.3 is 0 Å². The minimum Gasteiger partial charge on any atom is -0.367 e. The minimum absolute atomic E-state index is 0.102. The lowest BCUT2D eigenvalue weighted by atomic mass is 9.96. The number of halogens is 2. The number of H-pyrrole nitrogens is 1. The van der Waals surface area contributed by atoms with Crippen LogP contribution in [0.15, 0.2) is 53.1 Å². The fraction of sp³-hybridized carbons (Fsp3) is 0.321. The number of allylic oxidation sites excluding steroid dienone is 2. The number of hydrogen-bond acceptors (Lipinski definition) is 4. The Kier molecular flexibility index (Phi) is 6.70. The normalized spacial score (nSPS) is 14.9. The number of nitrogens with zero attached hydrogens (tertiary/aromatic N) is 3. The number of nitrogens with one attached hydrogen (secondary N) is 1. The molecule has 0 saturated carbocycles. The molecule has 1 aliphatic rings. The second-order valence-corrected chi connectivity index (χ2v) is 9.28. The molecule has 0 saturated heterocycles. The van der Waals surface area contributed by atoms with Gasteiger partial charge < -0.3 is 9.88 Å². The van der Waals surface area contributed by atoms with Gasteiger partial charge in [-0.3, -0.25) is 9.78 Å². The first-order chi connectivity index (χ1) is 16.5. The molecular weight excluding hydrogens is 446 g/mol. The smallest absolute Gasteiger partial charge is 0.251 e. The molecule has 0 spiro atoms. The summed E-state index contributed by atoms with van der Waals surface area (Å²) in [5, 5.41) is 0. The van der Waals surface area contributed by atoms with E-state index in [0.717, 1.165) is 52.2 Å². The Morgan fingerprint density at radius 1 is 1.20 bits per heavy atom. The van der Waals surface area contributed by atoms with E-state index in [1.165, 1.54) is 13.0 Å². The van der Waals surface area contributed by atoms with Crippen LogP contribution in [0.1, 0.15) is 60.8 Å². The van der Waals surface area contributed by atoms with E-state index in [0.29, 0.717) is 23.5 Å². The van der Waals surface area contributed by atoms with E-state index in [1.807, 2.05) is 39.0 Å². The first kappa shape index (κ1) is 24.5. The zero-order chi connectivity index (χ0) is 25.4. The molecule has 2 aromatic heterocycles. The maximum absolute atomic E-state index is 14.9. The third-order valence-electron chi connectivity index (χ3n) is 6.65. The van der Waals surface area contributed by atoms with Gasteiger partial charge in [0.05, 0.1) is 5.69 Å². The minimum atomic E-state index is -1.34. The van der Waals surface area contributed by atoms with Crippen LogP contribution in [0.5, 0.6) is 0 Å².